The zero-order valence-electron chi connectivity index (χ0n) is 13.4. The van der Waals surface area contributed by atoms with Crippen LogP contribution >= 0.6 is 23.1 Å². The van der Waals surface area contributed by atoms with Crippen molar-refractivity contribution in [3.05, 3.63) is 42.5 Å². The van der Waals surface area contributed by atoms with Gasteiger partial charge in [-0.3, -0.25) is 9.59 Å². The molecule has 0 fully saturated rings. The summed E-state index contributed by atoms with van der Waals surface area (Å²) in [7, 11) is 0. The number of thioether (sulfide) groups is 1. The number of rotatable bonds is 8. The normalized spacial score (nSPS) is 11.6. The lowest BCUT2D eigenvalue weighted by Crippen LogP contribution is -2.23. The maximum Gasteiger partial charge on any atom is 0.237 e. The van der Waals surface area contributed by atoms with Crippen LogP contribution in [-0.2, 0) is 4.79 Å². The van der Waals surface area contributed by atoms with Gasteiger partial charge in [-0.15, -0.1) is 16.8 Å². The van der Waals surface area contributed by atoms with Crippen molar-refractivity contribution in [1.82, 2.24) is 10.2 Å². The number of benzene rings is 1. The van der Waals surface area contributed by atoms with Crippen molar-refractivity contribution in [3.8, 4) is 0 Å². The third-order valence-corrected chi connectivity index (χ3v) is 5.08. The van der Waals surface area contributed by atoms with Crippen molar-refractivity contribution < 1.29 is 9.59 Å². The topological polar surface area (TPSA) is 84.0 Å². The Morgan fingerprint density at radius 1 is 1.38 bits per heavy atom. The van der Waals surface area contributed by atoms with E-state index in [4.69, 9.17) is 0 Å². The van der Waals surface area contributed by atoms with E-state index in [1.165, 1.54) is 30.0 Å². The second-order valence-corrected chi connectivity index (χ2v) is 7.46. The Balaban J connectivity index is 1.98. The molecule has 2 rings (SSSR count). The number of anilines is 2. The van der Waals surface area contributed by atoms with Gasteiger partial charge in [-0.05, 0) is 26.0 Å². The van der Waals surface area contributed by atoms with Gasteiger partial charge in [-0.2, -0.15) is 0 Å². The van der Waals surface area contributed by atoms with Gasteiger partial charge >= 0.3 is 0 Å². The van der Waals surface area contributed by atoms with E-state index in [1.54, 1.807) is 37.3 Å². The number of amides is 1. The number of carbonyl (C=O) groups excluding carboxylic acids is 2. The summed E-state index contributed by atoms with van der Waals surface area (Å²) in [4.78, 5) is 24.0. The van der Waals surface area contributed by atoms with E-state index in [0.717, 1.165) is 0 Å². The minimum atomic E-state index is -0.370. The molecule has 0 aliphatic carbocycles. The fourth-order valence-corrected chi connectivity index (χ4v) is 3.73. The van der Waals surface area contributed by atoms with E-state index >= 15 is 0 Å². The van der Waals surface area contributed by atoms with E-state index in [9.17, 15) is 9.59 Å². The molecular weight excluding hydrogens is 344 g/mol. The van der Waals surface area contributed by atoms with Gasteiger partial charge in [0, 0.05) is 12.1 Å². The molecule has 1 atom stereocenters. The van der Waals surface area contributed by atoms with E-state index in [0.29, 0.717) is 27.3 Å². The lowest BCUT2D eigenvalue weighted by Gasteiger charge is -2.12. The lowest BCUT2D eigenvalue weighted by atomic mass is 10.1. The summed E-state index contributed by atoms with van der Waals surface area (Å²) in [6.07, 6.45) is 1.73. The highest BCUT2D eigenvalue weighted by atomic mass is 32.2. The fourth-order valence-electron chi connectivity index (χ4n) is 1.83. The van der Waals surface area contributed by atoms with Crippen molar-refractivity contribution in [3.63, 3.8) is 0 Å². The molecule has 1 unspecified atom stereocenters. The van der Waals surface area contributed by atoms with Crippen LogP contribution in [0.1, 0.15) is 24.2 Å². The minimum Gasteiger partial charge on any atom is -0.357 e. The zero-order valence-corrected chi connectivity index (χ0v) is 15.0. The van der Waals surface area contributed by atoms with Crippen LogP contribution in [0.25, 0.3) is 0 Å². The number of para-hydroxylation sites is 1. The predicted octanol–water partition coefficient (Wildman–Crippen LogP) is 3.46. The molecule has 0 spiro atoms. The zero-order chi connectivity index (χ0) is 17.5. The maximum absolute atomic E-state index is 12.4. The van der Waals surface area contributed by atoms with Crippen molar-refractivity contribution >= 4 is 45.6 Å². The number of hydrogen-bond acceptors (Lipinski definition) is 7. The molecule has 1 heterocycles. The van der Waals surface area contributed by atoms with Gasteiger partial charge in [-0.1, -0.05) is 41.3 Å². The highest BCUT2D eigenvalue weighted by Crippen LogP contribution is 2.29. The number of carbonyl (C=O) groups is 2. The summed E-state index contributed by atoms with van der Waals surface area (Å²) in [6.45, 7) is 7.49. The quantitative estimate of drug-likeness (QED) is 0.425. The minimum absolute atomic E-state index is 0.0896. The number of ketones is 1. The molecule has 0 bridgehead atoms. The van der Waals surface area contributed by atoms with Gasteiger partial charge in [-0.25, -0.2) is 0 Å². The summed E-state index contributed by atoms with van der Waals surface area (Å²) in [5, 5.41) is 14.2. The fraction of sp³-hybridized carbons (Fsp3) is 0.250. The molecule has 0 aliphatic heterocycles. The molecule has 0 radical (unpaired) electrons. The number of Topliss-reactive ketones (excluding diaryl/α,β-unsaturated/α-hetero) is 1. The number of nitrogens with one attached hydrogen (secondary N) is 2. The van der Waals surface area contributed by atoms with Gasteiger partial charge in [0.1, 0.15) is 0 Å². The summed E-state index contributed by atoms with van der Waals surface area (Å²) in [5.41, 5.74) is 1.02. The second kappa shape index (κ2) is 8.60. The highest BCUT2D eigenvalue weighted by Gasteiger charge is 2.19. The Morgan fingerprint density at radius 2 is 2.12 bits per heavy atom. The summed E-state index contributed by atoms with van der Waals surface area (Å²) < 4.78 is 0.698. The Labute approximate surface area is 148 Å². The summed E-state index contributed by atoms with van der Waals surface area (Å²) in [5.74, 6) is -0.280. The van der Waals surface area contributed by atoms with Crippen LogP contribution in [0.4, 0.5) is 10.8 Å². The van der Waals surface area contributed by atoms with Crippen LogP contribution in [-0.4, -0.2) is 33.7 Å². The van der Waals surface area contributed by atoms with Gasteiger partial charge in [0.05, 0.1) is 10.9 Å². The molecule has 24 heavy (non-hydrogen) atoms. The van der Waals surface area contributed by atoms with E-state index in [-0.39, 0.29) is 16.9 Å². The van der Waals surface area contributed by atoms with Crippen LogP contribution in [0.5, 0.6) is 0 Å². The second-order valence-electron chi connectivity index (χ2n) is 4.89. The van der Waals surface area contributed by atoms with Crippen molar-refractivity contribution in [2.24, 2.45) is 0 Å². The Morgan fingerprint density at radius 3 is 2.83 bits per heavy atom. The third-order valence-electron chi connectivity index (χ3n) is 3.02. The molecule has 1 aromatic carbocycles. The first-order chi connectivity index (χ1) is 11.5. The smallest absolute Gasteiger partial charge is 0.237 e. The maximum atomic E-state index is 12.4. The van der Waals surface area contributed by atoms with E-state index in [2.05, 4.69) is 27.4 Å². The van der Waals surface area contributed by atoms with Gasteiger partial charge < -0.3 is 10.6 Å². The summed E-state index contributed by atoms with van der Waals surface area (Å²) in [6, 6.07) is 6.96. The number of nitrogens with zero attached hydrogens (tertiary/aromatic N) is 2. The third kappa shape index (κ3) is 4.90. The Hall–Kier alpha value is -2.19. The molecule has 0 saturated heterocycles. The standard InChI is InChI=1S/C16H18N4O2S2/c1-4-9-17-15-19-20-16(24-15)23-11(3)14(22)18-13-8-6-5-7-12(13)10(2)21/h4-8,11H,1,9H2,2-3H3,(H,17,19)(H,18,22). The Bertz CT molecular complexity index is 745. The van der Waals surface area contributed by atoms with Crippen LogP contribution in [0.2, 0.25) is 0 Å². The van der Waals surface area contributed by atoms with E-state index in [1.807, 2.05) is 0 Å². The van der Waals surface area contributed by atoms with Crippen molar-refractivity contribution in [2.75, 3.05) is 17.2 Å². The molecule has 2 N–H and O–H groups in total. The van der Waals surface area contributed by atoms with Gasteiger partial charge in [0.25, 0.3) is 0 Å². The number of hydrogen-bond donors (Lipinski definition) is 2. The van der Waals surface area contributed by atoms with Crippen molar-refractivity contribution in [1.29, 1.82) is 0 Å². The molecule has 0 saturated carbocycles. The first-order valence-electron chi connectivity index (χ1n) is 7.27. The van der Waals surface area contributed by atoms with Crippen LogP contribution in [0.3, 0.4) is 0 Å². The van der Waals surface area contributed by atoms with E-state index < -0.39 is 0 Å². The molecule has 1 amide bonds. The molecule has 8 heteroatoms. The molecule has 0 aliphatic rings. The van der Waals surface area contributed by atoms with Gasteiger partial charge in [0.15, 0.2) is 10.1 Å². The van der Waals surface area contributed by atoms with Crippen LogP contribution < -0.4 is 10.6 Å². The average Bonchev–Trinajstić information content (AvgIpc) is 3.00. The first-order valence-corrected chi connectivity index (χ1v) is 8.96. The number of aromatic nitrogens is 2. The molecular formula is C16H18N4O2S2. The monoisotopic (exact) mass is 362 g/mol. The highest BCUT2D eigenvalue weighted by molar-refractivity contribution is 8.02. The largest absolute Gasteiger partial charge is 0.357 e. The molecule has 1 aromatic heterocycles. The van der Waals surface area contributed by atoms with Gasteiger partial charge in [0.2, 0.25) is 11.0 Å². The average molecular weight is 362 g/mol. The first kappa shape index (κ1) is 18.2. The molecule has 2 aromatic rings. The van der Waals surface area contributed by atoms with Crippen molar-refractivity contribution in [2.45, 2.75) is 23.4 Å². The molecule has 126 valence electrons. The predicted molar refractivity (Wildman–Crippen MR) is 99.0 cm³/mol. The Kier molecular flexibility index (Phi) is 6.51. The van der Waals surface area contributed by atoms with Crippen LogP contribution in [0.15, 0.2) is 41.3 Å². The lowest BCUT2D eigenvalue weighted by molar-refractivity contribution is -0.115. The SMILES string of the molecule is C=CCNc1nnc(SC(C)C(=O)Nc2ccccc2C(C)=O)s1. The van der Waals surface area contributed by atoms with Crippen LogP contribution in [0, 0.1) is 0 Å². The summed E-state index contributed by atoms with van der Waals surface area (Å²) >= 11 is 2.70. The molecule has 6 nitrogen and oxygen atoms in total.